The minimum Gasteiger partial charge on any atom is -0.352 e. The molecule has 0 radical (unpaired) electrons. The Labute approximate surface area is 133 Å². The van der Waals surface area contributed by atoms with Gasteiger partial charge >= 0.3 is 0 Å². The zero-order valence-electron chi connectivity index (χ0n) is 12.4. The summed E-state index contributed by atoms with van der Waals surface area (Å²) in [5.41, 5.74) is 2.43. The first-order valence-electron chi connectivity index (χ1n) is 7.22. The average Bonchev–Trinajstić information content (AvgIpc) is 2.86. The van der Waals surface area contributed by atoms with Crippen molar-refractivity contribution >= 4 is 21.8 Å². The van der Waals surface area contributed by atoms with Crippen molar-refractivity contribution in [2.24, 2.45) is 0 Å². The van der Waals surface area contributed by atoms with Gasteiger partial charge in [-0.05, 0) is 37.6 Å². The maximum Gasteiger partial charge on any atom is 0.254 e. The highest BCUT2D eigenvalue weighted by Gasteiger charge is 2.14. The maximum absolute atomic E-state index is 12.2. The van der Waals surface area contributed by atoms with Crippen LogP contribution in [0.15, 0.2) is 34.9 Å². The van der Waals surface area contributed by atoms with Gasteiger partial charge in [0.2, 0.25) is 0 Å². The number of nitrogens with zero attached hydrogens (tertiary/aromatic N) is 2. The largest absolute Gasteiger partial charge is 0.352 e. The molecule has 1 aromatic heterocycles. The van der Waals surface area contributed by atoms with Crippen LogP contribution < -0.4 is 5.32 Å². The van der Waals surface area contributed by atoms with Gasteiger partial charge in [0, 0.05) is 11.0 Å². The molecule has 0 unspecified atom stereocenters. The molecule has 0 aliphatic rings. The van der Waals surface area contributed by atoms with Crippen molar-refractivity contribution in [1.82, 2.24) is 15.1 Å². The summed E-state index contributed by atoms with van der Waals surface area (Å²) in [4.78, 5) is 12.2. The number of unbranched alkanes of at least 4 members (excludes halogenated alkanes) is 2. The Bertz CT molecular complexity index is 604. The summed E-state index contributed by atoms with van der Waals surface area (Å²) in [6.45, 7) is 4.78. The van der Waals surface area contributed by atoms with E-state index in [-0.39, 0.29) is 5.91 Å². The van der Waals surface area contributed by atoms with Crippen LogP contribution in [0.5, 0.6) is 0 Å². The molecule has 1 heterocycles. The van der Waals surface area contributed by atoms with E-state index in [1.807, 2.05) is 31.2 Å². The predicted molar refractivity (Wildman–Crippen MR) is 87.9 cm³/mol. The lowest BCUT2D eigenvalue weighted by atomic mass is 10.2. The zero-order chi connectivity index (χ0) is 15.2. The van der Waals surface area contributed by atoms with E-state index in [1.165, 1.54) is 0 Å². The third kappa shape index (κ3) is 3.94. The van der Waals surface area contributed by atoms with Crippen molar-refractivity contribution in [1.29, 1.82) is 0 Å². The van der Waals surface area contributed by atoms with E-state index in [2.05, 4.69) is 33.3 Å². The number of nitrogens with one attached hydrogen (secondary N) is 1. The lowest BCUT2D eigenvalue weighted by molar-refractivity contribution is 0.0952. The molecule has 2 rings (SSSR count). The van der Waals surface area contributed by atoms with Crippen LogP contribution in [0.25, 0.3) is 5.69 Å². The molecule has 112 valence electrons. The molecule has 21 heavy (non-hydrogen) atoms. The van der Waals surface area contributed by atoms with Crippen molar-refractivity contribution < 1.29 is 4.79 Å². The summed E-state index contributed by atoms with van der Waals surface area (Å²) >= 11 is 3.41. The van der Waals surface area contributed by atoms with Gasteiger partial charge in [-0.3, -0.25) is 4.79 Å². The van der Waals surface area contributed by atoms with Crippen LogP contribution in [0.2, 0.25) is 0 Å². The molecular weight excluding hydrogens is 330 g/mol. The van der Waals surface area contributed by atoms with E-state index in [0.29, 0.717) is 5.56 Å². The van der Waals surface area contributed by atoms with Gasteiger partial charge in [0.1, 0.15) is 0 Å². The van der Waals surface area contributed by atoms with Crippen molar-refractivity contribution in [2.75, 3.05) is 6.54 Å². The SMILES string of the molecule is CCCCCNC(=O)c1cnn(-c2ccc(Br)cc2)c1C. The zero-order valence-corrected chi connectivity index (χ0v) is 14.0. The Morgan fingerprint density at radius 3 is 2.67 bits per heavy atom. The quantitative estimate of drug-likeness (QED) is 0.804. The molecule has 0 atom stereocenters. The third-order valence-electron chi connectivity index (χ3n) is 3.39. The topological polar surface area (TPSA) is 46.9 Å². The van der Waals surface area contributed by atoms with E-state index in [4.69, 9.17) is 0 Å². The van der Waals surface area contributed by atoms with E-state index in [1.54, 1.807) is 10.9 Å². The smallest absolute Gasteiger partial charge is 0.254 e. The highest BCUT2D eigenvalue weighted by Crippen LogP contribution is 2.17. The molecule has 0 saturated heterocycles. The van der Waals surface area contributed by atoms with Crippen LogP contribution in [0.4, 0.5) is 0 Å². The number of carbonyl (C=O) groups is 1. The van der Waals surface area contributed by atoms with Crippen molar-refractivity contribution in [2.45, 2.75) is 33.1 Å². The fourth-order valence-corrected chi connectivity index (χ4v) is 2.41. The molecule has 2 aromatic rings. The van der Waals surface area contributed by atoms with E-state index in [0.717, 1.165) is 41.7 Å². The van der Waals surface area contributed by atoms with Crippen molar-refractivity contribution in [3.05, 3.63) is 46.2 Å². The normalized spacial score (nSPS) is 10.6. The number of carbonyl (C=O) groups excluding carboxylic acids is 1. The Kier molecular flexibility index (Phi) is 5.56. The third-order valence-corrected chi connectivity index (χ3v) is 3.92. The molecule has 5 heteroatoms. The molecular formula is C16H20BrN3O. The van der Waals surface area contributed by atoms with Gasteiger partial charge in [0.25, 0.3) is 5.91 Å². The minimum atomic E-state index is -0.0491. The number of hydrogen-bond donors (Lipinski definition) is 1. The van der Waals surface area contributed by atoms with Gasteiger partial charge in [-0.25, -0.2) is 4.68 Å². The fraction of sp³-hybridized carbons (Fsp3) is 0.375. The minimum absolute atomic E-state index is 0.0491. The molecule has 0 spiro atoms. The first-order chi connectivity index (χ1) is 10.1. The second kappa shape index (κ2) is 7.41. The second-order valence-corrected chi connectivity index (χ2v) is 5.91. The number of aromatic nitrogens is 2. The van der Waals surface area contributed by atoms with Gasteiger partial charge in [0.05, 0.1) is 23.1 Å². The van der Waals surface area contributed by atoms with Crippen molar-refractivity contribution in [3.63, 3.8) is 0 Å². The molecule has 1 N–H and O–H groups in total. The Balaban J connectivity index is 2.09. The Hall–Kier alpha value is -1.62. The van der Waals surface area contributed by atoms with Crippen LogP contribution in [0.3, 0.4) is 0 Å². The van der Waals surface area contributed by atoms with Crippen LogP contribution in [-0.2, 0) is 0 Å². The Morgan fingerprint density at radius 2 is 2.00 bits per heavy atom. The number of halogens is 1. The lowest BCUT2D eigenvalue weighted by Crippen LogP contribution is -2.24. The van der Waals surface area contributed by atoms with Crippen LogP contribution in [0.1, 0.15) is 42.2 Å². The molecule has 0 saturated carbocycles. The predicted octanol–water partition coefficient (Wildman–Crippen LogP) is 3.86. The van der Waals surface area contributed by atoms with Crippen LogP contribution in [-0.4, -0.2) is 22.2 Å². The van der Waals surface area contributed by atoms with Gasteiger partial charge in [-0.2, -0.15) is 5.10 Å². The summed E-state index contributed by atoms with van der Waals surface area (Å²) < 4.78 is 2.80. The summed E-state index contributed by atoms with van der Waals surface area (Å²) in [5, 5.41) is 7.27. The maximum atomic E-state index is 12.2. The highest BCUT2D eigenvalue weighted by atomic mass is 79.9. The molecule has 0 fully saturated rings. The van der Waals surface area contributed by atoms with E-state index in [9.17, 15) is 4.79 Å². The summed E-state index contributed by atoms with van der Waals surface area (Å²) in [7, 11) is 0. The monoisotopic (exact) mass is 349 g/mol. The summed E-state index contributed by atoms with van der Waals surface area (Å²) in [5.74, 6) is -0.0491. The fourth-order valence-electron chi connectivity index (χ4n) is 2.15. The molecule has 0 aliphatic heterocycles. The number of benzene rings is 1. The van der Waals surface area contributed by atoms with Gasteiger partial charge in [-0.15, -0.1) is 0 Å². The first kappa shape index (κ1) is 15.8. The molecule has 0 bridgehead atoms. The molecule has 1 amide bonds. The Morgan fingerprint density at radius 1 is 1.29 bits per heavy atom. The lowest BCUT2D eigenvalue weighted by Gasteiger charge is -2.06. The van der Waals surface area contributed by atoms with Crippen LogP contribution in [0, 0.1) is 6.92 Å². The molecule has 0 aliphatic carbocycles. The van der Waals surface area contributed by atoms with Gasteiger partial charge in [-0.1, -0.05) is 35.7 Å². The van der Waals surface area contributed by atoms with Crippen LogP contribution >= 0.6 is 15.9 Å². The van der Waals surface area contributed by atoms with E-state index >= 15 is 0 Å². The van der Waals surface area contributed by atoms with Gasteiger partial charge < -0.3 is 5.32 Å². The summed E-state index contributed by atoms with van der Waals surface area (Å²) in [6, 6.07) is 7.85. The number of rotatable bonds is 6. The van der Waals surface area contributed by atoms with E-state index < -0.39 is 0 Å². The second-order valence-electron chi connectivity index (χ2n) is 4.99. The average molecular weight is 350 g/mol. The number of amides is 1. The van der Waals surface area contributed by atoms with Crippen molar-refractivity contribution in [3.8, 4) is 5.69 Å². The molecule has 4 nitrogen and oxygen atoms in total. The highest BCUT2D eigenvalue weighted by molar-refractivity contribution is 9.10. The molecule has 1 aromatic carbocycles. The first-order valence-corrected chi connectivity index (χ1v) is 8.01. The summed E-state index contributed by atoms with van der Waals surface area (Å²) in [6.07, 6.45) is 4.93. The standard InChI is InChI=1S/C16H20BrN3O/c1-3-4-5-10-18-16(21)15-11-19-20(12(15)2)14-8-6-13(17)7-9-14/h6-9,11H,3-5,10H2,1-2H3,(H,18,21). The number of hydrogen-bond acceptors (Lipinski definition) is 2. The van der Waals surface area contributed by atoms with Gasteiger partial charge in [0.15, 0.2) is 0 Å².